The average Bonchev–Trinajstić information content (AvgIpc) is 3.37. The summed E-state index contributed by atoms with van der Waals surface area (Å²) in [5, 5.41) is 21.7. The molecular formula is C21H20N4O4S2. The van der Waals surface area contributed by atoms with Crippen LogP contribution in [0.4, 0.5) is 5.69 Å². The van der Waals surface area contributed by atoms with Crippen LogP contribution in [0, 0.1) is 28.4 Å². The third-order valence-corrected chi connectivity index (χ3v) is 7.45. The summed E-state index contributed by atoms with van der Waals surface area (Å²) in [5.41, 5.74) is 0.934. The van der Waals surface area contributed by atoms with Crippen LogP contribution in [0.5, 0.6) is 0 Å². The molecule has 0 N–H and O–H groups in total. The predicted octanol–water partition coefficient (Wildman–Crippen LogP) is 4.44. The number of benzene rings is 1. The normalized spacial score (nSPS) is 16.0. The summed E-state index contributed by atoms with van der Waals surface area (Å²) >= 11 is 2.67. The fraction of sp³-hybridized carbons (Fsp3) is 0.381. The number of thiophene rings is 1. The maximum absolute atomic E-state index is 13.5. The van der Waals surface area contributed by atoms with E-state index in [2.05, 4.69) is 0 Å². The quantitative estimate of drug-likeness (QED) is 0.306. The van der Waals surface area contributed by atoms with Crippen molar-refractivity contribution in [2.24, 2.45) is 0 Å². The lowest BCUT2D eigenvalue weighted by molar-refractivity contribution is -0.384. The first-order valence-corrected chi connectivity index (χ1v) is 11.6. The standard InChI is InChI=1S/C21H20N4O4S2/c1-3-16-12(2)30-19-18(16)20(26)24(11-15-5-4-8-29-15)21(23-19)31-17-7-6-14(25(27)28)9-13(17)10-22/h6-7,9,15H,3-5,8,11H2,1-2H3. The Kier molecular flexibility index (Phi) is 6.09. The molecule has 1 aliphatic heterocycles. The Balaban J connectivity index is 1.85. The van der Waals surface area contributed by atoms with E-state index in [9.17, 15) is 20.2 Å². The second-order valence-corrected chi connectivity index (χ2v) is 9.48. The van der Waals surface area contributed by atoms with Gasteiger partial charge in [0.25, 0.3) is 11.2 Å². The van der Waals surface area contributed by atoms with Crippen LogP contribution >= 0.6 is 23.1 Å². The molecule has 31 heavy (non-hydrogen) atoms. The van der Waals surface area contributed by atoms with Crippen molar-refractivity contribution >= 4 is 39.0 Å². The fourth-order valence-electron chi connectivity index (χ4n) is 3.79. The molecule has 0 radical (unpaired) electrons. The van der Waals surface area contributed by atoms with Gasteiger partial charge in [-0.3, -0.25) is 19.5 Å². The first kappa shape index (κ1) is 21.5. The first-order chi connectivity index (χ1) is 14.9. The number of non-ortho nitro benzene ring substituents is 1. The monoisotopic (exact) mass is 456 g/mol. The Morgan fingerprint density at radius 2 is 2.29 bits per heavy atom. The minimum Gasteiger partial charge on any atom is -0.376 e. The lowest BCUT2D eigenvalue weighted by atomic mass is 10.1. The smallest absolute Gasteiger partial charge is 0.270 e. The van der Waals surface area contributed by atoms with Crippen LogP contribution in [-0.2, 0) is 17.7 Å². The van der Waals surface area contributed by atoms with E-state index in [-0.39, 0.29) is 22.9 Å². The number of aryl methyl sites for hydroxylation is 2. The second kappa shape index (κ2) is 8.78. The molecule has 1 atom stereocenters. The number of fused-ring (bicyclic) bond motifs is 1. The van der Waals surface area contributed by atoms with E-state index in [1.807, 2.05) is 19.9 Å². The molecule has 0 aliphatic carbocycles. The summed E-state index contributed by atoms with van der Waals surface area (Å²) in [4.78, 5) is 31.1. The van der Waals surface area contributed by atoms with E-state index in [0.29, 0.717) is 33.4 Å². The van der Waals surface area contributed by atoms with Crippen LogP contribution in [0.25, 0.3) is 10.2 Å². The van der Waals surface area contributed by atoms with Gasteiger partial charge in [-0.25, -0.2) is 4.98 Å². The third-order valence-electron chi connectivity index (χ3n) is 5.34. The van der Waals surface area contributed by atoms with E-state index < -0.39 is 4.92 Å². The Morgan fingerprint density at radius 1 is 1.48 bits per heavy atom. The number of nitro benzene ring substituents is 1. The van der Waals surface area contributed by atoms with Crippen molar-refractivity contribution in [3.05, 3.63) is 54.7 Å². The molecule has 3 heterocycles. The lowest BCUT2D eigenvalue weighted by Crippen LogP contribution is -2.28. The van der Waals surface area contributed by atoms with Crippen LogP contribution in [0.3, 0.4) is 0 Å². The van der Waals surface area contributed by atoms with Crippen LogP contribution in [0.1, 0.15) is 35.8 Å². The molecule has 2 aromatic heterocycles. The second-order valence-electron chi connectivity index (χ2n) is 7.27. The zero-order valence-corrected chi connectivity index (χ0v) is 18.7. The number of nitriles is 1. The Hall–Kier alpha value is -2.74. The van der Waals surface area contributed by atoms with Gasteiger partial charge in [0.1, 0.15) is 10.9 Å². The molecule has 1 fully saturated rings. The van der Waals surface area contributed by atoms with Crippen molar-refractivity contribution in [3.8, 4) is 6.07 Å². The van der Waals surface area contributed by atoms with Crippen molar-refractivity contribution in [1.29, 1.82) is 5.26 Å². The van der Waals surface area contributed by atoms with Gasteiger partial charge in [0.2, 0.25) is 0 Å². The van der Waals surface area contributed by atoms with Crippen LogP contribution in [-0.4, -0.2) is 27.2 Å². The zero-order chi connectivity index (χ0) is 22.1. The van der Waals surface area contributed by atoms with Crippen molar-refractivity contribution in [1.82, 2.24) is 9.55 Å². The zero-order valence-electron chi connectivity index (χ0n) is 17.1. The first-order valence-electron chi connectivity index (χ1n) is 9.93. The molecule has 0 spiro atoms. The van der Waals surface area contributed by atoms with E-state index in [1.54, 1.807) is 4.57 Å². The molecule has 0 saturated carbocycles. The molecule has 0 amide bonds. The molecule has 8 nitrogen and oxygen atoms in total. The number of nitrogens with zero attached hydrogens (tertiary/aromatic N) is 4. The highest BCUT2D eigenvalue weighted by molar-refractivity contribution is 7.99. The van der Waals surface area contributed by atoms with Crippen molar-refractivity contribution in [2.75, 3.05) is 6.61 Å². The van der Waals surface area contributed by atoms with Gasteiger partial charge in [-0.2, -0.15) is 5.26 Å². The highest BCUT2D eigenvalue weighted by Crippen LogP contribution is 2.34. The average molecular weight is 457 g/mol. The third kappa shape index (κ3) is 4.08. The van der Waals surface area contributed by atoms with Crippen molar-refractivity contribution < 1.29 is 9.66 Å². The Morgan fingerprint density at radius 3 is 2.94 bits per heavy atom. The number of rotatable bonds is 6. The molecule has 160 valence electrons. The summed E-state index contributed by atoms with van der Waals surface area (Å²) in [6.07, 6.45) is 2.51. The SMILES string of the molecule is CCc1c(C)sc2nc(Sc3ccc([N+](=O)[O-])cc3C#N)n(CC3CCCO3)c(=O)c12. The summed E-state index contributed by atoms with van der Waals surface area (Å²) in [6, 6.07) is 6.15. The fourth-order valence-corrected chi connectivity index (χ4v) is 5.91. The van der Waals surface area contributed by atoms with Crippen LogP contribution in [0.15, 0.2) is 33.0 Å². The van der Waals surface area contributed by atoms with Gasteiger partial charge in [0.15, 0.2) is 5.16 Å². The highest BCUT2D eigenvalue weighted by Gasteiger charge is 2.24. The largest absolute Gasteiger partial charge is 0.376 e. The van der Waals surface area contributed by atoms with E-state index >= 15 is 0 Å². The van der Waals surface area contributed by atoms with Gasteiger partial charge in [0.05, 0.1) is 28.5 Å². The van der Waals surface area contributed by atoms with Gasteiger partial charge in [-0.15, -0.1) is 11.3 Å². The number of aromatic nitrogens is 2. The maximum Gasteiger partial charge on any atom is 0.270 e. The molecule has 0 bridgehead atoms. The minimum atomic E-state index is -0.534. The van der Waals surface area contributed by atoms with Crippen molar-refractivity contribution in [3.63, 3.8) is 0 Å². The number of nitro groups is 1. The minimum absolute atomic E-state index is 0.0617. The molecule has 3 aromatic rings. The van der Waals surface area contributed by atoms with Gasteiger partial charge >= 0.3 is 0 Å². The van der Waals surface area contributed by atoms with Gasteiger partial charge in [0, 0.05) is 28.5 Å². The molecular weight excluding hydrogens is 436 g/mol. The van der Waals surface area contributed by atoms with E-state index in [0.717, 1.165) is 29.7 Å². The summed E-state index contributed by atoms with van der Waals surface area (Å²) < 4.78 is 7.39. The number of ether oxygens (including phenoxy) is 1. The molecule has 4 rings (SSSR count). The molecule has 10 heteroatoms. The number of hydrogen-bond acceptors (Lipinski definition) is 8. The Labute approximate surface area is 186 Å². The lowest BCUT2D eigenvalue weighted by Gasteiger charge is -2.16. The summed E-state index contributed by atoms with van der Waals surface area (Å²) in [7, 11) is 0. The van der Waals surface area contributed by atoms with Crippen molar-refractivity contribution in [2.45, 2.75) is 55.8 Å². The topological polar surface area (TPSA) is 111 Å². The van der Waals surface area contributed by atoms with E-state index in [1.165, 1.54) is 41.3 Å². The highest BCUT2D eigenvalue weighted by atomic mass is 32.2. The van der Waals surface area contributed by atoms with Gasteiger partial charge in [-0.1, -0.05) is 18.7 Å². The van der Waals surface area contributed by atoms with E-state index in [4.69, 9.17) is 9.72 Å². The number of hydrogen-bond donors (Lipinski definition) is 0. The maximum atomic E-state index is 13.5. The summed E-state index contributed by atoms with van der Waals surface area (Å²) in [5.74, 6) is 0. The summed E-state index contributed by atoms with van der Waals surface area (Å²) in [6.45, 7) is 5.08. The van der Waals surface area contributed by atoms with Gasteiger partial charge < -0.3 is 4.74 Å². The van der Waals surface area contributed by atoms with Crippen LogP contribution < -0.4 is 5.56 Å². The predicted molar refractivity (Wildman–Crippen MR) is 119 cm³/mol. The van der Waals surface area contributed by atoms with Gasteiger partial charge in [-0.05, 0) is 37.8 Å². The Bertz CT molecular complexity index is 1270. The molecule has 1 unspecified atom stereocenters. The molecule has 1 aliphatic rings. The molecule has 1 saturated heterocycles. The molecule has 1 aromatic carbocycles. The van der Waals surface area contributed by atoms with Crippen LogP contribution in [0.2, 0.25) is 0 Å².